The summed E-state index contributed by atoms with van der Waals surface area (Å²) >= 11 is 12.6. The van der Waals surface area contributed by atoms with E-state index in [2.05, 4.69) is 5.32 Å². The first kappa shape index (κ1) is 28.7. The molecule has 1 N–H and O–H groups in total. The van der Waals surface area contributed by atoms with Crippen molar-refractivity contribution < 1.29 is 22.7 Å². The lowest BCUT2D eigenvalue weighted by Gasteiger charge is -2.30. The predicted molar refractivity (Wildman–Crippen MR) is 140 cm³/mol. The monoisotopic (exact) mass is 543 g/mol. The van der Waals surface area contributed by atoms with Gasteiger partial charge in [0.05, 0.1) is 19.1 Å². The van der Waals surface area contributed by atoms with E-state index >= 15 is 0 Å². The lowest BCUT2D eigenvalue weighted by Crippen LogP contribution is -2.47. The number of amides is 2. The summed E-state index contributed by atoms with van der Waals surface area (Å²) in [5.41, 5.74) is 0.924. The molecule has 2 aromatic rings. The van der Waals surface area contributed by atoms with Crippen LogP contribution >= 0.6 is 23.2 Å². The van der Waals surface area contributed by atoms with Crippen LogP contribution in [0.15, 0.2) is 42.5 Å². The number of nitrogens with one attached hydrogen (secondary N) is 1. The van der Waals surface area contributed by atoms with Gasteiger partial charge in [0.15, 0.2) is 0 Å². The number of sulfonamides is 1. The molecule has 0 heterocycles. The number of ether oxygens (including phenoxy) is 1. The second-order valence-electron chi connectivity index (χ2n) is 7.90. The first-order chi connectivity index (χ1) is 16.5. The second-order valence-corrected chi connectivity index (χ2v) is 10.6. The molecule has 0 unspecified atom stereocenters. The summed E-state index contributed by atoms with van der Waals surface area (Å²) in [5, 5.41) is 3.50. The third-order valence-electron chi connectivity index (χ3n) is 5.41. The van der Waals surface area contributed by atoms with Crippen molar-refractivity contribution in [1.82, 2.24) is 10.2 Å². The zero-order valence-electron chi connectivity index (χ0n) is 20.3. The van der Waals surface area contributed by atoms with Gasteiger partial charge in [0.25, 0.3) is 0 Å². The van der Waals surface area contributed by atoms with E-state index < -0.39 is 16.1 Å². The Balaban J connectivity index is 2.24. The molecule has 35 heavy (non-hydrogen) atoms. The van der Waals surface area contributed by atoms with Crippen LogP contribution in [0.25, 0.3) is 0 Å². The van der Waals surface area contributed by atoms with Crippen LogP contribution in [0.2, 0.25) is 10.0 Å². The molecule has 0 aliphatic carbocycles. The highest BCUT2D eigenvalue weighted by molar-refractivity contribution is 7.92. The first-order valence-electron chi connectivity index (χ1n) is 11.1. The zero-order chi connectivity index (χ0) is 26.2. The number of methoxy groups -OCH3 is 1. The number of hydrogen-bond acceptors (Lipinski definition) is 5. The Labute approximate surface area is 217 Å². The summed E-state index contributed by atoms with van der Waals surface area (Å²) in [5.74, 6) is -0.229. The van der Waals surface area contributed by atoms with E-state index in [4.69, 9.17) is 27.9 Å². The van der Waals surface area contributed by atoms with Gasteiger partial charge in [-0.25, -0.2) is 8.42 Å². The Morgan fingerprint density at radius 3 is 2.29 bits per heavy atom. The molecule has 0 saturated carbocycles. The average molecular weight is 545 g/mol. The van der Waals surface area contributed by atoms with Crippen molar-refractivity contribution in [3.05, 3.63) is 58.1 Å². The Bertz CT molecular complexity index is 1120. The summed E-state index contributed by atoms with van der Waals surface area (Å²) in [6, 6.07) is 11.0. The summed E-state index contributed by atoms with van der Waals surface area (Å²) in [6.07, 6.45) is 1.33. The number of anilines is 1. The molecule has 0 fully saturated rings. The van der Waals surface area contributed by atoms with Gasteiger partial charge in [-0.05, 0) is 44.5 Å². The average Bonchev–Trinajstić information content (AvgIpc) is 2.80. The molecule has 0 aliphatic rings. The van der Waals surface area contributed by atoms with Crippen molar-refractivity contribution in [2.24, 2.45) is 0 Å². The third kappa shape index (κ3) is 7.75. The standard InChI is InChI=1S/C24H31Cl2N3O5S/c1-5-27-24(31)17(2)28(16-18-19(25)10-8-11-20(18)26)23(30)14-9-15-29(35(4,32)33)21-12-6-7-13-22(21)34-3/h6-8,10-13,17H,5,9,14-16H2,1-4H3,(H,27,31)/t17-/m1/s1. The molecule has 11 heteroatoms. The van der Waals surface area contributed by atoms with Crippen LogP contribution in [0.5, 0.6) is 5.75 Å². The number of para-hydroxylation sites is 2. The van der Waals surface area contributed by atoms with E-state index in [1.807, 2.05) is 0 Å². The highest BCUT2D eigenvalue weighted by atomic mass is 35.5. The topological polar surface area (TPSA) is 96.0 Å². The maximum atomic E-state index is 13.3. The number of halogens is 2. The van der Waals surface area contributed by atoms with Gasteiger partial charge < -0.3 is 15.0 Å². The van der Waals surface area contributed by atoms with Gasteiger partial charge in [0.1, 0.15) is 11.8 Å². The van der Waals surface area contributed by atoms with Crippen molar-refractivity contribution in [3.63, 3.8) is 0 Å². The maximum absolute atomic E-state index is 13.3. The molecule has 8 nitrogen and oxygen atoms in total. The van der Waals surface area contributed by atoms with Crippen molar-refractivity contribution in [1.29, 1.82) is 0 Å². The van der Waals surface area contributed by atoms with Crippen LogP contribution in [0.3, 0.4) is 0 Å². The fourth-order valence-corrected chi connectivity index (χ4v) is 5.06. The van der Waals surface area contributed by atoms with Crippen LogP contribution in [-0.2, 0) is 26.2 Å². The van der Waals surface area contributed by atoms with E-state index in [1.54, 1.807) is 56.3 Å². The van der Waals surface area contributed by atoms with Crippen LogP contribution in [0, 0.1) is 0 Å². The fraction of sp³-hybridized carbons (Fsp3) is 0.417. The fourth-order valence-electron chi connectivity index (χ4n) is 3.58. The number of benzene rings is 2. The summed E-state index contributed by atoms with van der Waals surface area (Å²) in [7, 11) is -2.17. The SMILES string of the molecule is CCNC(=O)[C@@H](C)N(Cc1c(Cl)cccc1Cl)C(=O)CCCN(c1ccccc1OC)S(C)(=O)=O. The summed E-state index contributed by atoms with van der Waals surface area (Å²) < 4.78 is 31.5. The Kier molecular flexibility index (Phi) is 10.7. The van der Waals surface area contributed by atoms with Gasteiger partial charge in [-0.15, -0.1) is 0 Å². The molecule has 0 saturated heterocycles. The molecule has 192 valence electrons. The van der Waals surface area contributed by atoms with Crippen LogP contribution in [-0.4, -0.2) is 57.6 Å². The Morgan fingerprint density at radius 2 is 1.71 bits per heavy atom. The molecule has 2 rings (SSSR count). The predicted octanol–water partition coefficient (Wildman–Crippen LogP) is 4.10. The van der Waals surface area contributed by atoms with Gasteiger partial charge in [0.2, 0.25) is 21.8 Å². The van der Waals surface area contributed by atoms with Gasteiger partial charge in [-0.1, -0.05) is 41.4 Å². The van der Waals surface area contributed by atoms with Crippen molar-refractivity contribution in [3.8, 4) is 5.75 Å². The van der Waals surface area contributed by atoms with Gasteiger partial charge in [-0.2, -0.15) is 0 Å². The number of carbonyl (C=O) groups excluding carboxylic acids is 2. The lowest BCUT2D eigenvalue weighted by atomic mass is 10.1. The molecular formula is C24H31Cl2N3O5S. The highest BCUT2D eigenvalue weighted by Crippen LogP contribution is 2.30. The molecular weight excluding hydrogens is 513 g/mol. The van der Waals surface area contributed by atoms with Crippen LogP contribution in [0.4, 0.5) is 5.69 Å². The number of likely N-dealkylation sites (N-methyl/N-ethyl adjacent to an activating group) is 1. The molecule has 1 atom stereocenters. The number of hydrogen-bond donors (Lipinski definition) is 1. The summed E-state index contributed by atoms with van der Waals surface area (Å²) in [6.45, 7) is 3.93. The summed E-state index contributed by atoms with van der Waals surface area (Å²) in [4.78, 5) is 27.2. The van der Waals surface area contributed by atoms with Crippen LogP contribution in [0.1, 0.15) is 32.3 Å². The Morgan fingerprint density at radius 1 is 1.09 bits per heavy atom. The van der Waals surface area contributed by atoms with Crippen molar-refractivity contribution in [2.45, 2.75) is 39.3 Å². The van der Waals surface area contributed by atoms with E-state index in [0.29, 0.717) is 33.6 Å². The van der Waals surface area contributed by atoms with Gasteiger partial charge >= 0.3 is 0 Å². The second kappa shape index (κ2) is 13.0. The number of carbonyl (C=O) groups is 2. The van der Waals surface area contributed by atoms with Gasteiger partial charge in [-0.3, -0.25) is 13.9 Å². The minimum atomic E-state index is -3.64. The van der Waals surface area contributed by atoms with Gasteiger partial charge in [0, 0.05) is 41.7 Å². The largest absolute Gasteiger partial charge is 0.495 e. The zero-order valence-corrected chi connectivity index (χ0v) is 22.6. The minimum absolute atomic E-state index is 0.00693. The van der Waals surface area contributed by atoms with Crippen molar-refractivity contribution >= 4 is 50.7 Å². The molecule has 0 bridgehead atoms. The smallest absolute Gasteiger partial charge is 0.242 e. The highest BCUT2D eigenvalue weighted by Gasteiger charge is 2.28. The number of nitrogens with zero attached hydrogens (tertiary/aromatic N) is 2. The van der Waals surface area contributed by atoms with E-state index in [1.165, 1.54) is 16.3 Å². The molecule has 0 aromatic heterocycles. The molecule has 2 aromatic carbocycles. The van der Waals surface area contributed by atoms with Crippen LogP contribution < -0.4 is 14.4 Å². The molecule has 0 aliphatic heterocycles. The number of rotatable bonds is 12. The van der Waals surface area contributed by atoms with E-state index in [-0.39, 0.29) is 37.7 Å². The van der Waals surface area contributed by atoms with E-state index in [9.17, 15) is 18.0 Å². The third-order valence-corrected chi connectivity index (χ3v) is 7.30. The Hall–Kier alpha value is -2.49. The molecule has 2 amide bonds. The molecule has 0 radical (unpaired) electrons. The lowest BCUT2D eigenvalue weighted by molar-refractivity contribution is -0.140. The molecule has 0 spiro atoms. The van der Waals surface area contributed by atoms with Crippen molar-refractivity contribution in [2.75, 3.05) is 30.8 Å². The quantitative estimate of drug-likeness (QED) is 0.434. The normalized spacial score (nSPS) is 12.1. The minimum Gasteiger partial charge on any atom is -0.495 e. The van der Waals surface area contributed by atoms with E-state index in [0.717, 1.165) is 6.26 Å². The maximum Gasteiger partial charge on any atom is 0.242 e. The first-order valence-corrected chi connectivity index (χ1v) is 13.7.